The van der Waals surface area contributed by atoms with Gasteiger partial charge in [-0.15, -0.1) is 0 Å². The standard InChI is InChI=1S/C18H11FO2.C12H7IO2.C6H6BFO2.H/c19-13-7-3-1-5-11(13)17-14(20)9-10-16-18(17)12-6-2-4-8-15(12)21-16;13-12-8(14)5-6-10-11(12)7-3-1-2-4-9(7)15-10;8-6-4-2-1-3-5(6)7(9)10;/h1-10,20H;1-6,14H;1-4,9-10H;/q;;;-1/i;;;1+1. The van der Waals surface area contributed by atoms with Crippen molar-refractivity contribution in [3.8, 4) is 22.6 Å². The first-order valence-corrected chi connectivity index (χ1v) is 15.1. The zero-order chi connectivity index (χ0) is 32.4. The van der Waals surface area contributed by atoms with Crippen LogP contribution in [0.2, 0.25) is 0 Å². The van der Waals surface area contributed by atoms with Crippen molar-refractivity contribution >= 4 is 79.0 Å². The van der Waals surface area contributed by atoms with Crippen molar-refractivity contribution in [2.45, 2.75) is 0 Å². The number of halogens is 3. The molecule has 0 aliphatic carbocycles. The molecule has 0 aliphatic rings. The van der Waals surface area contributed by atoms with Crippen molar-refractivity contribution < 1.29 is 39.3 Å². The Morgan fingerprint density at radius 1 is 0.543 bits per heavy atom. The van der Waals surface area contributed by atoms with Crippen molar-refractivity contribution in [1.82, 2.24) is 0 Å². The minimum absolute atomic E-state index is 0. The van der Waals surface area contributed by atoms with Crippen LogP contribution in [-0.4, -0.2) is 27.4 Å². The molecule has 0 saturated heterocycles. The normalized spacial score (nSPS) is 10.9. The molecule has 10 heteroatoms. The molecular formula is C36H25BF2IO6-. The molecule has 8 rings (SSSR count). The van der Waals surface area contributed by atoms with Gasteiger partial charge in [-0.05, 0) is 71.1 Å². The second kappa shape index (κ2) is 13.2. The molecule has 2 aromatic heterocycles. The summed E-state index contributed by atoms with van der Waals surface area (Å²) in [5.74, 6) is -0.628. The van der Waals surface area contributed by atoms with Crippen LogP contribution in [-0.2, 0) is 0 Å². The summed E-state index contributed by atoms with van der Waals surface area (Å²) in [4.78, 5) is 0. The molecule has 2 heterocycles. The molecule has 0 saturated carbocycles. The lowest BCUT2D eigenvalue weighted by molar-refractivity contribution is 0.423. The number of fused-ring (bicyclic) bond motifs is 6. The first kappa shape index (κ1) is 31.1. The van der Waals surface area contributed by atoms with Crippen LogP contribution in [0.25, 0.3) is 55.0 Å². The predicted molar refractivity (Wildman–Crippen MR) is 186 cm³/mol. The Bertz CT molecular complexity index is 2340. The highest BCUT2D eigenvalue weighted by Crippen LogP contribution is 2.42. The quantitative estimate of drug-likeness (QED) is 0.105. The summed E-state index contributed by atoms with van der Waals surface area (Å²) < 4.78 is 39.0. The molecule has 8 aromatic rings. The number of benzene rings is 6. The summed E-state index contributed by atoms with van der Waals surface area (Å²) >= 11 is 2.14. The Balaban J connectivity index is 0.000000147. The maximum Gasteiger partial charge on any atom is 0.491 e. The first-order chi connectivity index (χ1) is 22.2. The molecule has 0 spiro atoms. The number of aromatic hydroxyl groups is 2. The highest BCUT2D eigenvalue weighted by atomic mass is 127. The molecule has 0 unspecified atom stereocenters. The SMILES string of the molecule is OB(O)c1ccccc1F.Oc1ccc2oc3ccccc3c2c1-c1ccccc1F.Oc1ccc2oc3ccccc3c2c1I.[2H-]. The Labute approximate surface area is 276 Å². The molecule has 0 aliphatic heterocycles. The fourth-order valence-corrected chi connectivity index (χ4v) is 5.93. The fourth-order valence-electron chi connectivity index (χ4n) is 5.19. The molecule has 6 aromatic carbocycles. The maximum atomic E-state index is 14.1. The van der Waals surface area contributed by atoms with E-state index in [-0.39, 0.29) is 18.5 Å². The van der Waals surface area contributed by atoms with E-state index in [1.54, 1.807) is 36.4 Å². The second-order valence-electron chi connectivity index (χ2n) is 10.2. The van der Waals surface area contributed by atoms with Gasteiger partial charge in [0.1, 0.15) is 45.5 Å². The maximum absolute atomic E-state index is 14.1. The molecule has 4 N–H and O–H groups in total. The predicted octanol–water partition coefficient (Wildman–Crippen LogP) is 8.61. The van der Waals surface area contributed by atoms with Crippen molar-refractivity contribution in [2.24, 2.45) is 0 Å². The lowest BCUT2D eigenvalue weighted by Crippen LogP contribution is -2.32. The van der Waals surface area contributed by atoms with Crippen molar-refractivity contribution in [2.75, 3.05) is 0 Å². The Hall–Kier alpha value is -4.91. The average Bonchev–Trinajstić information content (AvgIpc) is 3.63. The van der Waals surface area contributed by atoms with Gasteiger partial charge in [0.15, 0.2) is 0 Å². The third-order valence-electron chi connectivity index (χ3n) is 7.31. The Morgan fingerprint density at radius 2 is 1.04 bits per heavy atom. The minimum atomic E-state index is -1.72. The monoisotopic (exact) mass is 730 g/mol. The highest BCUT2D eigenvalue weighted by Gasteiger charge is 2.18. The zero-order valence-corrected chi connectivity index (χ0v) is 26.0. The molecule has 46 heavy (non-hydrogen) atoms. The summed E-state index contributed by atoms with van der Waals surface area (Å²) in [5, 5.41) is 40.6. The van der Waals surface area contributed by atoms with E-state index in [1.165, 1.54) is 36.4 Å². The van der Waals surface area contributed by atoms with Crippen LogP contribution < -0.4 is 5.46 Å². The van der Waals surface area contributed by atoms with Gasteiger partial charge in [0, 0.05) is 38.1 Å². The zero-order valence-electron chi connectivity index (χ0n) is 24.9. The van der Waals surface area contributed by atoms with Gasteiger partial charge >= 0.3 is 7.12 Å². The van der Waals surface area contributed by atoms with E-state index in [4.69, 9.17) is 18.9 Å². The summed E-state index contributed by atoms with van der Waals surface area (Å²) in [5.41, 5.74) is 3.77. The topological polar surface area (TPSA) is 107 Å². The summed E-state index contributed by atoms with van der Waals surface area (Å²) in [6.07, 6.45) is 0. The van der Waals surface area contributed by atoms with Gasteiger partial charge in [-0.1, -0.05) is 72.8 Å². The molecule has 0 fully saturated rings. The number of para-hydroxylation sites is 2. The molecule has 0 amide bonds. The molecule has 0 atom stereocenters. The third kappa shape index (κ3) is 6.02. The lowest BCUT2D eigenvalue weighted by atomic mass is 9.80. The van der Waals surface area contributed by atoms with E-state index in [1.807, 2.05) is 48.5 Å². The van der Waals surface area contributed by atoms with E-state index in [2.05, 4.69) is 22.6 Å². The van der Waals surface area contributed by atoms with Crippen molar-refractivity contribution in [3.05, 3.63) is 137 Å². The van der Waals surface area contributed by atoms with Gasteiger partial charge in [-0.2, -0.15) is 0 Å². The van der Waals surface area contributed by atoms with E-state index in [9.17, 15) is 19.0 Å². The van der Waals surface area contributed by atoms with Crippen LogP contribution in [0, 0.1) is 15.2 Å². The van der Waals surface area contributed by atoms with Crippen LogP contribution >= 0.6 is 22.6 Å². The van der Waals surface area contributed by atoms with Gasteiger partial charge < -0.3 is 30.5 Å². The van der Waals surface area contributed by atoms with Gasteiger partial charge in [0.05, 0.1) is 3.57 Å². The number of furan rings is 2. The minimum Gasteiger partial charge on any atom is -1.00 e. The number of phenols is 2. The largest absolute Gasteiger partial charge is 1.00 e. The highest BCUT2D eigenvalue weighted by molar-refractivity contribution is 14.1. The number of hydrogen-bond acceptors (Lipinski definition) is 6. The van der Waals surface area contributed by atoms with Crippen LogP contribution in [0.3, 0.4) is 0 Å². The van der Waals surface area contributed by atoms with Gasteiger partial charge in [-0.25, -0.2) is 8.78 Å². The van der Waals surface area contributed by atoms with E-state index in [0.29, 0.717) is 22.5 Å². The van der Waals surface area contributed by atoms with E-state index >= 15 is 0 Å². The van der Waals surface area contributed by atoms with Crippen LogP contribution in [0.4, 0.5) is 8.78 Å². The summed E-state index contributed by atoms with van der Waals surface area (Å²) in [6, 6.07) is 34.0. The van der Waals surface area contributed by atoms with Gasteiger partial charge in [0.2, 0.25) is 0 Å². The van der Waals surface area contributed by atoms with Crippen LogP contribution in [0.15, 0.2) is 130 Å². The Morgan fingerprint density at radius 3 is 1.63 bits per heavy atom. The number of phenolic OH excluding ortho intramolecular Hbond substituents is 2. The molecular weight excluding hydrogens is 704 g/mol. The van der Waals surface area contributed by atoms with E-state index in [0.717, 1.165) is 41.9 Å². The first-order valence-electron chi connectivity index (χ1n) is 14.0. The third-order valence-corrected chi connectivity index (χ3v) is 8.40. The number of rotatable bonds is 2. The summed E-state index contributed by atoms with van der Waals surface area (Å²) in [6.45, 7) is 0. The average molecular weight is 730 g/mol. The van der Waals surface area contributed by atoms with Crippen molar-refractivity contribution in [3.63, 3.8) is 0 Å². The van der Waals surface area contributed by atoms with Crippen LogP contribution in [0.1, 0.15) is 1.43 Å². The molecule has 230 valence electrons. The molecule has 0 radical (unpaired) electrons. The Kier molecular flexibility index (Phi) is 8.93. The fraction of sp³-hybridized carbons (Fsp3) is 0. The summed E-state index contributed by atoms with van der Waals surface area (Å²) in [7, 11) is -1.72. The van der Waals surface area contributed by atoms with Crippen LogP contribution in [0.5, 0.6) is 11.5 Å². The van der Waals surface area contributed by atoms with Gasteiger partial charge in [0.25, 0.3) is 0 Å². The molecule has 0 bridgehead atoms. The second-order valence-corrected chi connectivity index (χ2v) is 11.3. The van der Waals surface area contributed by atoms with Crippen molar-refractivity contribution in [1.29, 1.82) is 0 Å². The number of hydrogen-bond donors (Lipinski definition) is 4. The smallest absolute Gasteiger partial charge is 0.491 e. The van der Waals surface area contributed by atoms with E-state index < -0.39 is 12.9 Å². The molecule has 6 nitrogen and oxygen atoms in total. The van der Waals surface area contributed by atoms with Gasteiger partial charge in [-0.3, -0.25) is 0 Å². The lowest BCUT2D eigenvalue weighted by Gasteiger charge is -2.07.